The summed E-state index contributed by atoms with van der Waals surface area (Å²) in [7, 11) is 0. The second-order valence-corrected chi connectivity index (χ2v) is 3.71. The highest BCUT2D eigenvalue weighted by Crippen LogP contribution is 2.14. The van der Waals surface area contributed by atoms with Crippen molar-refractivity contribution in [3.8, 4) is 5.75 Å². The smallest absolute Gasteiger partial charge is 0.335 e. The van der Waals surface area contributed by atoms with E-state index in [0.717, 1.165) is 5.56 Å². The molecule has 18 heavy (non-hydrogen) atoms. The molecular formula is C14H11NO3. The van der Waals surface area contributed by atoms with E-state index in [2.05, 4.69) is 4.99 Å². The summed E-state index contributed by atoms with van der Waals surface area (Å²) in [5.41, 5.74) is 1.66. The number of hydrogen-bond acceptors (Lipinski definition) is 3. The van der Waals surface area contributed by atoms with Crippen molar-refractivity contribution in [3.05, 3.63) is 59.7 Å². The normalized spacial score (nSPS) is 10.7. The Hall–Kier alpha value is -2.62. The minimum atomic E-state index is -0.960. The van der Waals surface area contributed by atoms with Gasteiger partial charge in [-0.2, -0.15) is 0 Å². The predicted molar refractivity (Wildman–Crippen MR) is 68.8 cm³/mol. The molecular weight excluding hydrogens is 230 g/mol. The molecule has 2 N–H and O–H groups in total. The van der Waals surface area contributed by atoms with Gasteiger partial charge in [0, 0.05) is 6.21 Å². The fraction of sp³-hybridized carbons (Fsp3) is 0. The number of hydrogen-bond donors (Lipinski definition) is 2. The van der Waals surface area contributed by atoms with Gasteiger partial charge in [0.2, 0.25) is 0 Å². The molecule has 0 atom stereocenters. The van der Waals surface area contributed by atoms with Gasteiger partial charge in [-0.05, 0) is 42.0 Å². The van der Waals surface area contributed by atoms with Crippen LogP contribution in [0.15, 0.2) is 53.5 Å². The van der Waals surface area contributed by atoms with Gasteiger partial charge >= 0.3 is 5.97 Å². The van der Waals surface area contributed by atoms with Gasteiger partial charge < -0.3 is 10.2 Å². The van der Waals surface area contributed by atoms with Gasteiger partial charge in [0.05, 0.1) is 11.3 Å². The molecule has 0 radical (unpaired) electrons. The van der Waals surface area contributed by atoms with E-state index in [1.54, 1.807) is 36.5 Å². The van der Waals surface area contributed by atoms with Crippen LogP contribution in [-0.4, -0.2) is 22.4 Å². The number of carboxylic acids is 1. The van der Waals surface area contributed by atoms with E-state index in [0.29, 0.717) is 5.69 Å². The van der Waals surface area contributed by atoms with Crippen molar-refractivity contribution in [2.45, 2.75) is 0 Å². The van der Waals surface area contributed by atoms with Gasteiger partial charge in [0.15, 0.2) is 0 Å². The van der Waals surface area contributed by atoms with Gasteiger partial charge in [0.1, 0.15) is 5.75 Å². The molecule has 2 aromatic carbocycles. The largest absolute Gasteiger partial charge is 0.508 e. The fourth-order valence-electron chi connectivity index (χ4n) is 1.44. The Balaban J connectivity index is 2.16. The van der Waals surface area contributed by atoms with Crippen LogP contribution in [0.3, 0.4) is 0 Å². The van der Waals surface area contributed by atoms with E-state index in [1.807, 2.05) is 6.07 Å². The Morgan fingerprint density at radius 3 is 2.44 bits per heavy atom. The molecule has 4 nitrogen and oxygen atoms in total. The maximum atomic E-state index is 10.7. The van der Waals surface area contributed by atoms with Crippen molar-refractivity contribution in [3.63, 3.8) is 0 Å². The molecule has 0 aromatic heterocycles. The van der Waals surface area contributed by atoms with Gasteiger partial charge in [0.25, 0.3) is 0 Å². The molecule has 0 saturated heterocycles. The number of nitrogens with zero attached hydrogens (tertiary/aromatic N) is 1. The first-order valence-corrected chi connectivity index (χ1v) is 5.31. The Morgan fingerprint density at radius 2 is 1.83 bits per heavy atom. The number of rotatable bonds is 3. The summed E-state index contributed by atoms with van der Waals surface area (Å²) in [6, 6.07) is 13.0. The molecule has 0 amide bonds. The summed E-state index contributed by atoms with van der Waals surface area (Å²) < 4.78 is 0. The Bertz CT molecular complexity index is 588. The number of phenols is 1. The molecule has 2 aromatic rings. The van der Waals surface area contributed by atoms with Gasteiger partial charge in [-0.15, -0.1) is 0 Å². The number of aromatic hydroxyl groups is 1. The predicted octanol–water partition coefficient (Wildman–Crippen LogP) is 2.84. The highest BCUT2D eigenvalue weighted by atomic mass is 16.4. The third-order valence-electron chi connectivity index (χ3n) is 2.35. The molecule has 0 saturated carbocycles. The lowest BCUT2D eigenvalue weighted by molar-refractivity contribution is 0.0697. The standard InChI is InChI=1S/C14H11NO3/c16-13-3-1-2-10(8-13)9-15-12-6-4-11(5-7-12)14(17)18/h1-9,16H,(H,17,18). The Kier molecular flexibility index (Phi) is 3.38. The summed E-state index contributed by atoms with van der Waals surface area (Å²) in [6.07, 6.45) is 1.61. The summed E-state index contributed by atoms with van der Waals surface area (Å²) in [6.45, 7) is 0. The van der Waals surface area contributed by atoms with Crippen molar-refractivity contribution in [1.82, 2.24) is 0 Å². The maximum absolute atomic E-state index is 10.7. The second kappa shape index (κ2) is 5.14. The molecule has 0 aliphatic rings. The van der Waals surface area contributed by atoms with Crippen LogP contribution in [0.2, 0.25) is 0 Å². The topological polar surface area (TPSA) is 69.9 Å². The summed E-state index contributed by atoms with van der Waals surface area (Å²) in [5, 5.41) is 18.0. The number of aromatic carboxylic acids is 1. The van der Waals surface area contributed by atoms with E-state index in [-0.39, 0.29) is 11.3 Å². The molecule has 0 bridgehead atoms. The van der Waals surface area contributed by atoms with Crippen LogP contribution in [0.4, 0.5) is 5.69 Å². The highest BCUT2D eigenvalue weighted by Gasteiger charge is 2.00. The van der Waals surface area contributed by atoms with Crippen LogP contribution >= 0.6 is 0 Å². The van der Waals surface area contributed by atoms with Crippen molar-refractivity contribution >= 4 is 17.9 Å². The molecule has 0 spiro atoms. The van der Waals surface area contributed by atoms with E-state index < -0.39 is 5.97 Å². The van der Waals surface area contributed by atoms with Crippen molar-refractivity contribution in [2.24, 2.45) is 4.99 Å². The van der Waals surface area contributed by atoms with Crippen LogP contribution in [-0.2, 0) is 0 Å². The maximum Gasteiger partial charge on any atom is 0.335 e. The van der Waals surface area contributed by atoms with E-state index in [1.165, 1.54) is 12.1 Å². The van der Waals surface area contributed by atoms with Gasteiger partial charge in [-0.3, -0.25) is 4.99 Å². The van der Waals surface area contributed by atoms with Crippen molar-refractivity contribution < 1.29 is 15.0 Å². The molecule has 0 heterocycles. The monoisotopic (exact) mass is 241 g/mol. The molecule has 0 aliphatic carbocycles. The van der Waals surface area contributed by atoms with E-state index >= 15 is 0 Å². The quantitative estimate of drug-likeness (QED) is 0.812. The molecule has 0 fully saturated rings. The molecule has 0 aliphatic heterocycles. The molecule has 90 valence electrons. The zero-order chi connectivity index (χ0) is 13.0. The van der Waals surface area contributed by atoms with Crippen molar-refractivity contribution in [1.29, 1.82) is 0 Å². The average Bonchev–Trinajstić information content (AvgIpc) is 2.37. The van der Waals surface area contributed by atoms with Crippen molar-refractivity contribution in [2.75, 3.05) is 0 Å². The minimum Gasteiger partial charge on any atom is -0.508 e. The number of phenolic OH excluding ortho intramolecular Hbond substituents is 1. The summed E-state index contributed by atoms with van der Waals surface area (Å²) in [4.78, 5) is 14.9. The van der Waals surface area contributed by atoms with Crippen LogP contribution in [0.1, 0.15) is 15.9 Å². The fourth-order valence-corrected chi connectivity index (χ4v) is 1.44. The number of carbonyl (C=O) groups is 1. The number of benzene rings is 2. The van der Waals surface area contributed by atoms with Gasteiger partial charge in [-0.25, -0.2) is 4.79 Å². The first-order chi connectivity index (χ1) is 8.65. The lowest BCUT2D eigenvalue weighted by atomic mass is 10.2. The second-order valence-electron chi connectivity index (χ2n) is 3.71. The van der Waals surface area contributed by atoms with Crippen LogP contribution < -0.4 is 0 Å². The first-order valence-electron chi connectivity index (χ1n) is 5.31. The molecule has 0 unspecified atom stereocenters. The Labute approximate surface area is 104 Å². The van der Waals surface area contributed by atoms with E-state index in [4.69, 9.17) is 5.11 Å². The zero-order valence-corrected chi connectivity index (χ0v) is 9.45. The van der Waals surface area contributed by atoms with Crippen LogP contribution in [0.5, 0.6) is 5.75 Å². The third kappa shape index (κ3) is 2.95. The average molecular weight is 241 g/mol. The zero-order valence-electron chi connectivity index (χ0n) is 9.45. The van der Waals surface area contributed by atoms with E-state index in [9.17, 15) is 9.90 Å². The lowest BCUT2D eigenvalue weighted by Crippen LogP contribution is -1.94. The minimum absolute atomic E-state index is 0.181. The van der Waals surface area contributed by atoms with Crippen LogP contribution in [0, 0.1) is 0 Å². The Morgan fingerprint density at radius 1 is 1.11 bits per heavy atom. The number of carboxylic acid groups (broad SMARTS) is 1. The third-order valence-corrected chi connectivity index (χ3v) is 2.35. The summed E-state index contributed by atoms with van der Waals surface area (Å²) >= 11 is 0. The highest BCUT2D eigenvalue weighted by molar-refractivity contribution is 5.88. The summed E-state index contributed by atoms with van der Waals surface area (Å²) in [5.74, 6) is -0.779. The van der Waals surface area contributed by atoms with Crippen LogP contribution in [0.25, 0.3) is 0 Å². The molecule has 2 rings (SSSR count). The van der Waals surface area contributed by atoms with Gasteiger partial charge in [-0.1, -0.05) is 12.1 Å². The number of aliphatic imine (C=N–C) groups is 1. The molecule has 4 heteroatoms. The lowest BCUT2D eigenvalue weighted by Gasteiger charge is -1.97. The SMILES string of the molecule is O=C(O)c1ccc(N=Cc2cccc(O)c2)cc1. The first kappa shape index (κ1) is 11.9.